The number of halogens is 1. The van der Waals surface area contributed by atoms with E-state index in [-0.39, 0.29) is 0 Å². The van der Waals surface area contributed by atoms with Crippen molar-refractivity contribution >= 4 is 39.1 Å². The van der Waals surface area contributed by atoms with Crippen LogP contribution in [0.5, 0.6) is 0 Å². The monoisotopic (exact) mass is 304 g/mol. The summed E-state index contributed by atoms with van der Waals surface area (Å²) < 4.78 is 1.05. The predicted molar refractivity (Wildman–Crippen MR) is 60.3 cm³/mol. The second kappa shape index (κ2) is 3.54. The molecule has 2 rings (SSSR count). The van der Waals surface area contributed by atoms with E-state index < -0.39 is 0 Å². The minimum absolute atomic E-state index is 0.469. The van der Waals surface area contributed by atoms with Crippen LogP contribution < -0.4 is 5.73 Å². The van der Waals surface area contributed by atoms with Gasteiger partial charge in [0.1, 0.15) is 5.69 Å². The molecule has 66 valence electrons. The van der Waals surface area contributed by atoms with Crippen molar-refractivity contribution in [2.45, 2.75) is 0 Å². The Morgan fingerprint density at radius 3 is 2.85 bits per heavy atom. The fraction of sp³-hybridized carbons (Fsp3) is 0. The standard InChI is InChI=1S/C7H5IN4S/c8-4-2-1-3-10-5(4)6-11-12-7(9)13-6/h1-3H,(H2,9,12). The van der Waals surface area contributed by atoms with Crippen molar-refractivity contribution in [2.75, 3.05) is 5.73 Å². The van der Waals surface area contributed by atoms with Crippen LogP contribution in [-0.4, -0.2) is 15.2 Å². The van der Waals surface area contributed by atoms with Crippen LogP contribution in [0.15, 0.2) is 18.3 Å². The average Bonchev–Trinajstić information content (AvgIpc) is 2.53. The molecule has 0 aliphatic heterocycles. The maximum Gasteiger partial charge on any atom is 0.203 e. The van der Waals surface area contributed by atoms with E-state index in [2.05, 4.69) is 37.8 Å². The Hall–Kier alpha value is -0.760. The Labute approximate surface area is 92.4 Å². The first kappa shape index (κ1) is 8.82. The fourth-order valence-electron chi connectivity index (χ4n) is 0.873. The topological polar surface area (TPSA) is 64.7 Å². The highest BCUT2D eigenvalue weighted by Gasteiger charge is 2.08. The SMILES string of the molecule is Nc1nnc(-c2ncccc2I)s1. The van der Waals surface area contributed by atoms with Crippen molar-refractivity contribution in [3.8, 4) is 10.7 Å². The van der Waals surface area contributed by atoms with E-state index >= 15 is 0 Å². The highest BCUT2D eigenvalue weighted by atomic mass is 127. The molecule has 6 heteroatoms. The quantitative estimate of drug-likeness (QED) is 0.816. The molecule has 0 radical (unpaired) electrons. The minimum atomic E-state index is 0.469. The Balaban J connectivity index is 2.52. The van der Waals surface area contributed by atoms with Crippen LogP contribution in [0.2, 0.25) is 0 Å². The van der Waals surface area contributed by atoms with Gasteiger partial charge in [-0.05, 0) is 34.7 Å². The molecule has 0 fully saturated rings. The number of anilines is 1. The van der Waals surface area contributed by atoms with Gasteiger partial charge in [-0.25, -0.2) is 0 Å². The summed E-state index contributed by atoms with van der Waals surface area (Å²) >= 11 is 3.55. The number of pyridine rings is 1. The zero-order valence-electron chi connectivity index (χ0n) is 6.44. The molecule has 0 unspecified atom stereocenters. The molecular weight excluding hydrogens is 299 g/mol. The summed E-state index contributed by atoms with van der Waals surface area (Å²) in [5.41, 5.74) is 6.33. The van der Waals surface area contributed by atoms with Crippen molar-refractivity contribution in [2.24, 2.45) is 0 Å². The van der Waals surface area contributed by atoms with Gasteiger partial charge in [0.2, 0.25) is 5.13 Å². The fourth-order valence-corrected chi connectivity index (χ4v) is 2.28. The molecule has 4 nitrogen and oxygen atoms in total. The van der Waals surface area contributed by atoms with Crippen LogP contribution in [-0.2, 0) is 0 Å². The van der Waals surface area contributed by atoms with E-state index in [0.717, 1.165) is 14.3 Å². The second-order valence-corrected chi connectivity index (χ2v) is 4.45. The third-order valence-corrected chi connectivity index (χ3v) is 3.03. The van der Waals surface area contributed by atoms with Crippen molar-refractivity contribution in [1.29, 1.82) is 0 Å². The molecule has 2 aromatic rings. The lowest BCUT2D eigenvalue weighted by Crippen LogP contribution is -1.85. The molecule has 2 N–H and O–H groups in total. The Bertz CT molecular complexity index is 428. The molecular formula is C7H5IN4S. The largest absolute Gasteiger partial charge is 0.374 e. The molecule has 0 aliphatic rings. The molecule has 0 aromatic carbocycles. The number of hydrogen-bond donors (Lipinski definition) is 1. The van der Waals surface area contributed by atoms with Crippen molar-refractivity contribution in [3.05, 3.63) is 21.9 Å². The highest BCUT2D eigenvalue weighted by Crippen LogP contribution is 2.26. The van der Waals surface area contributed by atoms with Gasteiger partial charge in [0, 0.05) is 9.77 Å². The van der Waals surface area contributed by atoms with E-state index in [9.17, 15) is 0 Å². The van der Waals surface area contributed by atoms with E-state index in [4.69, 9.17) is 5.73 Å². The number of aromatic nitrogens is 3. The van der Waals surface area contributed by atoms with E-state index in [1.807, 2.05) is 12.1 Å². The van der Waals surface area contributed by atoms with Gasteiger partial charge in [-0.2, -0.15) is 0 Å². The summed E-state index contributed by atoms with van der Waals surface area (Å²) in [4.78, 5) is 4.21. The summed E-state index contributed by atoms with van der Waals surface area (Å²) in [6.07, 6.45) is 1.73. The van der Waals surface area contributed by atoms with Gasteiger partial charge in [-0.15, -0.1) is 10.2 Å². The first-order valence-electron chi connectivity index (χ1n) is 3.47. The number of nitrogen functional groups attached to an aromatic ring is 1. The zero-order chi connectivity index (χ0) is 9.26. The lowest BCUT2D eigenvalue weighted by atomic mass is 10.4. The summed E-state index contributed by atoms with van der Waals surface area (Å²) in [7, 11) is 0. The number of nitrogens with two attached hydrogens (primary N) is 1. The van der Waals surface area contributed by atoms with Crippen LogP contribution in [0, 0.1) is 3.57 Å². The van der Waals surface area contributed by atoms with Gasteiger partial charge >= 0.3 is 0 Å². The first-order valence-corrected chi connectivity index (χ1v) is 5.37. The number of rotatable bonds is 1. The number of hydrogen-bond acceptors (Lipinski definition) is 5. The van der Waals surface area contributed by atoms with E-state index in [1.165, 1.54) is 11.3 Å². The van der Waals surface area contributed by atoms with Crippen LogP contribution in [0.3, 0.4) is 0 Å². The van der Waals surface area contributed by atoms with E-state index in [0.29, 0.717) is 5.13 Å². The highest BCUT2D eigenvalue weighted by molar-refractivity contribution is 14.1. The summed E-state index contributed by atoms with van der Waals surface area (Å²) in [6, 6.07) is 3.86. The summed E-state index contributed by atoms with van der Waals surface area (Å²) in [6.45, 7) is 0. The zero-order valence-corrected chi connectivity index (χ0v) is 9.41. The van der Waals surface area contributed by atoms with Crippen LogP contribution in [0.25, 0.3) is 10.7 Å². The maximum absolute atomic E-state index is 5.48. The third-order valence-electron chi connectivity index (χ3n) is 1.40. The maximum atomic E-state index is 5.48. The Morgan fingerprint density at radius 1 is 1.38 bits per heavy atom. The predicted octanol–water partition coefficient (Wildman–Crippen LogP) is 1.79. The van der Waals surface area contributed by atoms with Crippen LogP contribution >= 0.6 is 33.9 Å². The van der Waals surface area contributed by atoms with E-state index in [1.54, 1.807) is 6.20 Å². The van der Waals surface area contributed by atoms with Crippen molar-refractivity contribution in [1.82, 2.24) is 15.2 Å². The molecule has 0 saturated heterocycles. The van der Waals surface area contributed by atoms with Crippen molar-refractivity contribution < 1.29 is 0 Å². The second-order valence-electron chi connectivity index (χ2n) is 2.28. The molecule has 2 aromatic heterocycles. The average molecular weight is 304 g/mol. The minimum Gasteiger partial charge on any atom is -0.374 e. The van der Waals surface area contributed by atoms with Crippen LogP contribution in [0.1, 0.15) is 0 Å². The molecule has 0 atom stereocenters. The Kier molecular flexibility index (Phi) is 2.40. The van der Waals surface area contributed by atoms with Crippen molar-refractivity contribution in [3.63, 3.8) is 0 Å². The molecule has 0 saturated carbocycles. The smallest absolute Gasteiger partial charge is 0.203 e. The lowest BCUT2D eigenvalue weighted by Gasteiger charge is -1.95. The lowest BCUT2D eigenvalue weighted by molar-refractivity contribution is 1.09. The summed E-state index contributed by atoms with van der Waals surface area (Å²) in [5.74, 6) is 0. The van der Waals surface area contributed by atoms with Crippen LogP contribution in [0.4, 0.5) is 5.13 Å². The number of nitrogens with zero attached hydrogens (tertiary/aromatic N) is 3. The Morgan fingerprint density at radius 2 is 2.23 bits per heavy atom. The third kappa shape index (κ3) is 1.78. The normalized spacial score (nSPS) is 10.2. The van der Waals surface area contributed by atoms with Gasteiger partial charge in [0.05, 0.1) is 0 Å². The summed E-state index contributed by atoms with van der Waals surface area (Å²) in [5, 5.41) is 8.90. The molecule has 0 bridgehead atoms. The van der Waals surface area contributed by atoms with Gasteiger partial charge < -0.3 is 5.73 Å². The molecule has 13 heavy (non-hydrogen) atoms. The van der Waals surface area contributed by atoms with Gasteiger partial charge in [0.25, 0.3) is 0 Å². The van der Waals surface area contributed by atoms with Gasteiger partial charge in [0.15, 0.2) is 5.01 Å². The molecule has 0 spiro atoms. The molecule has 0 amide bonds. The molecule has 0 aliphatic carbocycles. The molecule has 2 heterocycles. The van der Waals surface area contributed by atoms with Gasteiger partial charge in [-0.3, -0.25) is 4.98 Å². The first-order chi connectivity index (χ1) is 6.27. The van der Waals surface area contributed by atoms with Gasteiger partial charge in [-0.1, -0.05) is 11.3 Å².